The average molecular weight is 603 g/mol. The number of fused-ring (bicyclic) bond motifs is 4. The maximum absolute atomic E-state index is 5.03. The van der Waals surface area contributed by atoms with Crippen LogP contribution in [0.25, 0.3) is 83.4 Å². The lowest BCUT2D eigenvalue weighted by Crippen LogP contribution is -1.96. The summed E-state index contributed by atoms with van der Waals surface area (Å²) in [5, 5.41) is 2.42. The fourth-order valence-corrected chi connectivity index (χ4v) is 6.84. The van der Waals surface area contributed by atoms with Crippen LogP contribution in [0.2, 0.25) is 0 Å². The normalized spacial score (nSPS) is 11.5. The van der Waals surface area contributed by atoms with Crippen molar-refractivity contribution in [3.05, 3.63) is 164 Å². The average Bonchev–Trinajstić information content (AvgIpc) is 3.66. The molecule has 0 aliphatic carbocycles. The molecule has 0 N–H and O–H groups in total. The lowest BCUT2D eigenvalue weighted by atomic mass is 9.99. The molecule has 9 rings (SSSR count). The van der Waals surface area contributed by atoms with Crippen molar-refractivity contribution in [1.29, 1.82) is 0 Å². The number of imidazole rings is 1. The SMILES string of the molecule is Cn1c(-c2ccc3c4ccc(-c5ccc(-c6ccccc6)cc5)cc4n(-c4cccc(-c5ccccn5)c4)c3c2)nc2ccccc21. The number of aryl methyl sites for hydroxylation is 1. The van der Waals surface area contributed by atoms with Gasteiger partial charge in [0.05, 0.1) is 27.8 Å². The highest BCUT2D eigenvalue weighted by Crippen LogP contribution is 2.38. The van der Waals surface area contributed by atoms with E-state index in [2.05, 4.69) is 161 Å². The van der Waals surface area contributed by atoms with Crippen molar-refractivity contribution in [3.8, 4) is 50.6 Å². The van der Waals surface area contributed by atoms with Crippen LogP contribution in [0.3, 0.4) is 0 Å². The monoisotopic (exact) mass is 602 g/mol. The Kier molecular flexibility index (Phi) is 6.32. The summed E-state index contributed by atoms with van der Waals surface area (Å²) in [4.78, 5) is 9.67. The van der Waals surface area contributed by atoms with Gasteiger partial charge in [-0.15, -0.1) is 0 Å². The first kappa shape index (κ1) is 27.1. The van der Waals surface area contributed by atoms with Crippen LogP contribution >= 0.6 is 0 Å². The third-order valence-electron chi connectivity index (χ3n) is 9.20. The number of nitrogens with zero attached hydrogens (tertiary/aromatic N) is 4. The molecule has 0 aliphatic heterocycles. The molecule has 0 radical (unpaired) electrons. The molecule has 222 valence electrons. The molecule has 0 spiro atoms. The number of rotatable bonds is 5. The van der Waals surface area contributed by atoms with E-state index in [4.69, 9.17) is 4.98 Å². The molecule has 0 fully saturated rings. The topological polar surface area (TPSA) is 35.6 Å². The standard InChI is InChI=1S/C43H30N4/c1-46-40-16-6-5-15-39(40)45-43(46)34-22-24-37-36-23-21-32(31-19-17-30(18-20-31)29-10-3-2-4-11-29)27-41(36)47(42(37)28-34)35-13-9-12-33(26-35)38-14-7-8-25-44-38/h2-28H,1H3. The first-order valence-electron chi connectivity index (χ1n) is 15.9. The summed E-state index contributed by atoms with van der Waals surface area (Å²) in [6.07, 6.45) is 1.85. The summed E-state index contributed by atoms with van der Waals surface area (Å²) in [5.41, 5.74) is 13.4. The van der Waals surface area contributed by atoms with E-state index in [1.54, 1.807) is 0 Å². The highest BCUT2D eigenvalue weighted by Gasteiger charge is 2.17. The van der Waals surface area contributed by atoms with Gasteiger partial charge in [-0.05, 0) is 70.8 Å². The zero-order valence-corrected chi connectivity index (χ0v) is 25.9. The predicted octanol–water partition coefficient (Wildman–Crippen LogP) is 10.7. The molecule has 0 amide bonds. The van der Waals surface area contributed by atoms with Crippen LogP contribution < -0.4 is 0 Å². The molecule has 0 aliphatic rings. The van der Waals surface area contributed by atoms with Crippen molar-refractivity contribution in [2.45, 2.75) is 0 Å². The first-order valence-corrected chi connectivity index (χ1v) is 15.9. The van der Waals surface area contributed by atoms with E-state index < -0.39 is 0 Å². The second-order valence-corrected chi connectivity index (χ2v) is 12.0. The van der Waals surface area contributed by atoms with Crippen LogP contribution in [0.4, 0.5) is 0 Å². The summed E-state index contributed by atoms with van der Waals surface area (Å²) in [5.74, 6) is 0.950. The Bertz CT molecular complexity index is 2560. The molecule has 4 nitrogen and oxygen atoms in total. The summed E-state index contributed by atoms with van der Waals surface area (Å²) < 4.78 is 4.58. The Balaban J connectivity index is 1.25. The number of benzene rings is 6. The van der Waals surface area contributed by atoms with E-state index in [0.29, 0.717) is 0 Å². The zero-order chi connectivity index (χ0) is 31.3. The molecule has 0 unspecified atom stereocenters. The minimum atomic E-state index is 0.950. The van der Waals surface area contributed by atoms with Gasteiger partial charge in [-0.25, -0.2) is 4.98 Å². The Labute approximate surface area is 272 Å². The maximum Gasteiger partial charge on any atom is 0.140 e. The third kappa shape index (κ3) is 4.62. The van der Waals surface area contributed by atoms with Gasteiger partial charge in [0, 0.05) is 40.8 Å². The first-order chi connectivity index (χ1) is 23.2. The fourth-order valence-electron chi connectivity index (χ4n) is 6.84. The summed E-state index contributed by atoms with van der Waals surface area (Å²) in [6.45, 7) is 0. The summed E-state index contributed by atoms with van der Waals surface area (Å²) in [7, 11) is 2.09. The van der Waals surface area contributed by atoms with E-state index >= 15 is 0 Å². The second kappa shape index (κ2) is 11.0. The third-order valence-corrected chi connectivity index (χ3v) is 9.20. The van der Waals surface area contributed by atoms with Crippen LogP contribution in [0.1, 0.15) is 0 Å². The van der Waals surface area contributed by atoms with E-state index in [0.717, 1.165) is 50.4 Å². The molecule has 0 atom stereocenters. The molecule has 6 aromatic carbocycles. The largest absolute Gasteiger partial charge is 0.327 e. The van der Waals surface area contributed by atoms with Crippen molar-refractivity contribution in [3.63, 3.8) is 0 Å². The number of para-hydroxylation sites is 2. The number of hydrogen-bond donors (Lipinski definition) is 0. The van der Waals surface area contributed by atoms with E-state index in [9.17, 15) is 0 Å². The molecule has 0 saturated heterocycles. The predicted molar refractivity (Wildman–Crippen MR) is 195 cm³/mol. The van der Waals surface area contributed by atoms with Gasteiger partial charge in [0.2, 0.25) is 0 Å². The van der Waals surface area contributed by atoms with E-state index in [1.165, 1.54) is 33.0 Å². The zero-order valence-electron chi connectivity index (χ0n) is 25.9. The Hall–Kier alpha value is -6.26. The van der Waals surface area contributed by atoms with Crippen molar-refractivity contribution in [1.82, 2.24) is 19.1 Å². The van der Waals surface area contributed by atoms with Gasteiger partial charge in [0.15, 0.2) is 0 Å². The van der Waals surface area contributed by atoms with Gasteiger partial charge >= 0.3 is 0 Å². The summed E-state index contributed by atoms with van der Waals surface area (Å²) in [6, 6.07) is 56.0. The van der Waals surface area contributed by atoms with Gasteiger partial charge < -0.3 is 9.13 Å². The Morgan fingerprint density at radius 2 is 1.06 bits per heavy atom. The molecule has 3 aromatic heterocycles. The fraction of sp³-hybridized carbons (Fsp3) is 0.0233. The molecule has 0 saturated carbocycles. The molecule has 47 heavy (non-hydrogen) atoms. The van der Waals surface area contributed by atoms with Crippen LogP contribution in [-0.2, 0) is 7.05 Å². The van der Waals surface area contributed by atoms with Gasteiger partial charge in [0.25, 0.3) is 0 Å². The molecule has 3 heterocycles. The van der Waals surface area contributed by atoms with Gasteiger partial charge in [-0.2, -0.15) is 0 Å². The van der Waals surface area contributed by atoms with Crippen LogP contribution in [0, 0.1) is 0 Å². The second-order valence-electron chi connectivity index (χ2n) is 12.0. The number of aromatic nitrogens is 4. The van der Waals surface area contributed by atoms with Crippen LogP contribution in [-0.4, -0.2) is 19.1 Å². The van der Waals surface area contributed by atoms with Crippen molar-refractivity contribution in [2.24, 2.45) is 7.05 Å². The summed E-state index contributed by atoms with van der Waals surface area (Å²) >= 11 is 0. The molecular weight excluding hydrogens is 573 g/mol. The molecular formula is C43H30N4. The molecule has 0 bridgehead atoms. The van der Waals surface area contributed by atoms with E-state index in [-0.39, 0.29) is 0 Å². The highest BCUT2D eigenvalue weighted by molar-refractivity contribution is 6.11. The van der Waals surface area contributed by atoms with Crippen molar-refractivity contribution in [2.75, 3.05) is 0 Å². The van der Waals surface area contributed by atoms with Crippen LogP contribution in [0.15, 0.2) is 164 Å². The minimum absolute atomic E-state index is 0.950. The Morgan fingerprint density at radius 1 is 0.447 bits per heavy atom. The quantitative estimate of drug-likeness (QED) is 0.196. The maximum atomic E-state index is 5.03. The van der Waals surface area contributed by atoms with Gasteiger partial charge in [0.1, 0.15) is 5.82 Å². The van der Waals surface area contributed by atoms with Gasteiger partial charge in [-0.3, -0.25) is 4.98 Å². The van der Waals surface area contributed by atoms with Gasteiger partial charge in [-0.1, -0.05) is 109 Å². The van der Waals surface area contributed by atoms with Crippen molar-refractivity contribution < 1.29 is 0 Å². The number of pyridine rings is 1. The lowest BCUT2D eigenvalue weighted by molar-refractivity contribution is 0.959. The Morgan fingerprint density at radius 3 is 1.81 bits per heavy atom. The number of hydrogen-bond acceptors (Lipinski definition) is 2. The molecule has 4 heteroatoms. The smallest absolute Gasteiger partial charge is 0.140 e. The molecule has 9 aromatic rings. The highest BCUT2D eigenvalue weighted by atomic mass is 15.1. The van der Waals surface area contributed by atoms with E-state index in [1.807, 2.05) is 24.4 Å². The van der Waals surface area contributed by atoms with Crippen LogP contribution in [0.5, 0.6) is 0 Å². The van der Waals surface area contributed by atoms with Crippen molar-refractivity contribution >= 4 is 32.8 Å². The lowest BCUT2D eigenvalue weighted by Gasteiger charge is -2.12. The minimum Gasteiger partial charge on any atom is -0.327 e.